The number of nitrogens with zero attached hydrogens (tertiary/aromatic N) is 4. The van der Waals surface area contributed by atoms with Crippen LogP contribution in [-0.2, 0) is 0 Å². The van der Waals surface area contributed by atoms with Crippen LogP contribution in [0.4, 0.5) is 5.82 Å². The second-order valence-electron chi connectivity index (χ2n) is 9.23. The zero-order chi connectivity index (χ0) is 18.0. The third kappa shape index (κ3) is 4.23. The highest BCUT2D eigenvalue weighted by atomic mass is 15.2. The highest BCUT2D eigenvalue weighted by Crippen LogP contribution is 2.41. The van der Waals surface area contributed by atoms with Gasteiger partial charge in [-0.3, -0.25) is 0 Å². The second kappa shape index (κ2) is 7.85. The SMILES string of the molecule is Cc1ccc(N2CCC(CN3CCC4(CCN(C)CC4)CC3)CC2)nc1. The lowest BCUT2D eigenvalue weighted by atomic mass is 9.71. The standard InChI is InChI=1S/C22H36N4/c1-19-3-4-21(23-17-19)26-11-5-20(6-12-26)18-25-15-9-22(10-16-25)7-13-24(2)14-8-22/h3-4,17,20H,5-16,18H2,1-2H3. The Balaban J connectivity index is 1.21. The molecule has 0 atom stereocenters. The van der Waals surface area contributed by atoms with Gasteiger partial charge in [-0.2, -0.15) is 0 Å². The third-order valence-corrected chi connectivity index (χ3v) is 7.32. The predicted molar refractivity (Wildman–Crippen MR) is 109 cm³/mol. The van der Waals surface area contributed by atoms with E-state index in [1.165, 1.54) is 89.9 Å². The molecule has 0 aromatic carbocycles. The van der Waals surface area contributed by atoms with Gasteiger partial charge in [0, 0.05) is 25.8 Å². The van der Waals surface area contributed by atoms with Crippen molar-refractivity contribution in [1.29, 1.82) is 0 Å². The molecule has 144 valence electrons. The van der Waals surface area contributed by atoms with E-state index < -0.39 is 0 Å². The summed E-state index contributed by atoms with van der Waals surface area (Å²) in [5, 5.41) is 0. The maximum atomic E-state index is 4.61. The first-order valence-electron chi connectivity index (χ1n) is 10.7. The van der Waals surface area contributed by atoms with E-state index in [0.29, 0.717) is 5.41 Å². The monoisotopic (exact) mass is 356 g/mol. The fourth-order valence-electron chi connectivity index (χ4n) is 5.16. The van der Waals surface area contributed by atoms with Crippen molar-refractivity contribution >= 4 is 5.82 Å². The Morgan fingerprint density at radius 2 is 1.62 bits per heavy atom. The van der Waals surface area contributed by atoms with Gasteiger partial charge in [0.2, 0.25) is 0 Å². The molecule has 0 unspecified atom stereocenters. The van der Waals surface area contributed by atoms with E-state index in [1.807, 2.05) is 6.20 Å². The Kier molecular flexibility index (Phi) is 5.51. The molecule has 1 aromatic heterocycles. The molecule has 3 aliphatic rings. The van der Waals surface area contributed by atoms with Gasteiger partial charge < -0.3 is 14.7 Å². The van der Waals surface area contributed by atoms with Crippen LogP contribution in [0.25, 0.3) is 0 Å². The van der Waals surface area contributed by atoms with E-state index in [4.69, 9.17) is 0 Å². The third-order valence-electron chi connectivity index (χ3n) is 7.32. The Morgan fingerprint density at radius 3 is 2.23 bits per heavy atom. The molecule has 0 amide bonds. The highest BCUT2D eigenvalue weighted by molar-refractivity contribution is 5.39. The van der Waals surface area contributed by atoms with Gasteiger partial charge in [-0.15, -0.1) is 0 Å². The molecule has 0 saturated carbocycles. The largest absolute Gasteiger partial charge is 0.357 e. The van der Waals surface area contributed by atoms with Crippen molar-refractivity contribution in [2.45, 2.75) is 45.4 Å². The van der Waals surface area contributed by atoms with Crippen molar-refractivity contribution in [3.63, 3.8) is 0 Å². The van der Waals surface area contributed by atoms with E-state index in [1.54, 1.807) is 0 Å². The summed E-state index contributed by atoms with van der Waals surface area (Å²) in [6, 6.07) is 4.36. The summed E-state index contributed by atoms with van der Waals surface area (Å²) in [4.78, 5) is 12.4. The number of aromatic nitrogens is 1. The van der Waals surface area contributed by atoms with E-state index in [-0.39, 0.29) is 0 Å². The quantitative estimate of drug-likeness (QED) is 0.828. The summed E-state index contributed by atoms with van der Waals surface area (Å²) in [7, 11) is 2.28. The minimum absolute atomic E-state index is 0.684. The molecule has 4 nitrogen and oxygen atoms in total. The van der Waals surface area contributed by atoms with Crippen molar-refractivity contribution in [3.05, 3.63) is 23.9 Å². The summed E-state index contributed by atoms with van der Waals surface area (Å²) < 4.78 is 0. The molecule has 1 spiro atoms. The Morgan fingerprint density at radius 1 is 0.962 bits per heavy atom. The van der Waals surface area contributed by atoms with Crippen molar-refractivity contribution in [3.8, 4) is 0 Å². The van der Waals surface area contributed by atoms with Crippen LogP contribution in [-0.4, -0.2) is 67.6 Å². The minimum Gasteiger partial charge on any atom is -0.357 e. The Labute approximate surface area is 159 Å². The summed E-state index contributed by atoms with van der Waals surface area (Å²) in [6.45, 7) is 11.1. The maximum absolute atomic E-state index is 4.61. The molecule has 4 rings (SSSR count). The number of pyridine rings is 1. The van der Waals surface area contributed by atoms with Crippen LogP contribution in [0.3, 0.4) is 0 Å². The van der Waals surface area contributed by atoms with E-state index in [0.717, 1.165) is 11.7 Å². The lowest BCUT2D eigenvalue weighted by Crippen LogP contribution is -2.47. The normalized spacial score (nSPS) is 25.7. The summed E-state index contributed by atoms with van der Waals surface area (Å²) >= 11 is 0. The lowest BCUT2D eigenvalue weighted by molar-refractivity contribution is 0.0358. The van der Waals surface area contributed by atoms with Gasteiger partial charge in [-0.1, -0.05) is 6.07 Å². The van der Waals surface area contributed by atoms with E-state index in [2.05, 4.69) is 45.8 Å². The van der Waals surface area contributed by atoms with E-state index >= 15 is 0 Å². The molecule has 0 aliphatic carbocycles. The van der Waals surface area contributed by atoms with Gasteiger partial charge in [0.1, 0.15) is 5.82 Å². The fraction of sp³-hybridized carbons (Fsp3) is 0.773. The van der Waals surface area contributed by atoms with Crippen molar-refractivity contribution in [2.24, 2.45) is 11.3 Å². The predicted octanol–water partition coefficient (Wildman–Crippen LogP) is 3.41. The zero-order valence-electron chi connectivity index (χ0n) is 16.8. The first-order chi connectivity index (χ1) is 12.6. The maximum Gasteiger partial charge on any atom is 0.128 e. The molecule has 0 N–H and O–H groups in total. The Hall–Kier alpha value is -1.13. The number of piperidine rings is 3. The van der Waals surface area contributed by atoms with Gasteiger partial charge in [-0.25, -0.2) is 4.98 Å². The minimum atomic E-state index is 0.684. The Bertz CT molecular complexity index is 558. The molecule has 0 radical (unpaired) electrons. The molecule has 3 saturated heterocycles. The zero-order valence-corrected chi connectivity index (χ0v) is 16.8. The number of aryl methyl sites for hydroxylation is 1. The van der Waals surface area contributed by atoms with Crippen molar-refractivity contribution in [1.82, 2.24) is 14.8 Å². The smallest absolute Gasteiger partial charge is 0.128 e. The van der Waals surface area contributed by atoms with Crippen molar-refractivity contribution in [2.75, 3.05) is 57.8 Å². The molecule has 4 heteroatoms. The molecular weight excluding hydrogens is 320 g/mol. The summed E-state index contributed by atoms with van der Waals surface area (Å²) in [6.07, 6.45) is 10.4. The average Bonchev–Trinajstić information content (AvgIpc) is 2.68. The highest BCUT2D eigenvalue weighted by Gasteiger charge is 2.37. The van der Waals surface area contributed by atoms with Gasteiger partial charge in [0.15, 0.2) is 0 Å². The van der Waals surface area contributed by atoms with Crippen LogP contribution in [0.2, 0.25) is 0 Å². The lowest BCUT2D eigenvalue weighted by Gasteiger charge is -2.47. The van der Waals surface area contributed by atoms with Gasteiger partial charge in [0.25, 0.3) is 0 Å². The van der Waals surface area contributed by atoms with Crippen LogP contribution in [0.1, 0.15) is 44.1 Å². The summed E-state index contributed by atoms with van der Waals surface area (Å²) in [5.74, 6) is 2.04. The van der Waals surface area contributed by atoms with Gasteiger partial charge >= 0.3 is 0 Å². The fourth-order valence-corrected chi connectivity index (χ4v) is 5.16. The first-order valence-corrected chi connectivity index (χ1v) is 10.7. The van der Waals surface area contributed by atoms with E-state index in [9.17, 15) is 0 Å². The number of rotatable bonds is 3. The van der Waals surface area contributed by atoms with Crippen LogP contribution >= 0.6 is 0 Å². The molecule has 26 heavy (non-hydrogen) atoms. The van der Waals surface area contributed by atoms with Gasteiger partial charge in [0.05, 0.1) is 0 Å². The van der Waals surface area contributed by atoms with Gasteiger partial charge in [-0.05, 0) is 102 Å². The van der Waals surface area contributed by atoms with Crippen LogP contribution < -0.4 is 4.90 Å². The van der Waals surface area contributed by atoms with Crippen LogP contribution in [0.5, 0.6) is 0 Å². The molecule has 0 bridgehead atoms. The first kappa shape index (κ1) is 18.2. The molecule has 3 fully saturated rings. The molecular formula is C22H36N4. The average molecular weight is 357 g/mol. The number of hydrogen-bond donors (Lipinski definition) is 0. The molecule has 1 aromatic rings. The van der Waals surface area contributed by atoms with Crippen molar-refractivity contribution < 1.29 is 0 Å². The number of likely N-dealkylation sites (tertiary alicyclic amines) is 2. The topological polar surface area (TPSA) is 22.6 Å². The van der Waals surface area contributed by atoms with Crippen LogP contribution in [0.15, 0.2) is 18.3 Å². The van der Waals surface area contributed by atoms with Crippen LogP contribution in [0, 0.1) is 18.3 Å². The number of hydrogen-bond acceptors (Lipinski definition) is 4. The summed E-state index contributed by atoms with van der Waals surface area (Å²) in [5.41, 5.74) is 1.93. The number of anilines is 1. The second-order valence-corrected chi connectivity index (χ2v) is 9.23. The molecule has 4 heterocycles. The molecule has 3 aliphatic heterocycles.